The van der Waals surface area contributed by atoms with Crippen molar-refractivity contribution in [3.63, 3.8) is 0 Å². The molecule has 1 unspecified atom stereocenters. The molecule has 0 aromatic rings. The summed E-state index contributed by atoms with van der Waals surface area (Å²) in [6.07, 6.45) is 8.75. The highest BCUT2D eigenvalue weighted by atomic mass is 16.5. The molecular formula is C13H22O. The second-order valence-electron chi connectivity index (χ2n) is 5.84. The highest BCUT2D eigenvalue weighted by Gasteiger charge is 2.47. The van der Waals surface area contributed by atoms with Crippen LogP contribution in [0.25, 0.3) is 0 Å². The van der Waals surface area contributed by atoms with Gasteiger partial charge in [0.15, 0.2) is 0 Å². The summed E-state index contributed by atoms with van der Waals surface area (Å²) in [6.45, 7) is 9.19. The molecule has 1 aliphatic carbocycles. The van der Waals surface area contributed by atoms with Gasteiger partial charge in [0.25, 0.3) is 0 Å². The van der Waals surface area contributed by atoms with Crippen molar-refractivity contribution in [3.05, 3.63) is 12.2 Å². The van der Waals surface area contributed by atoms with Gasteiger partial charge < -0.3 is 4.74 Å². The Kier molecular flexibility index (Phi) is 2.26. The predicted molar refractivity (Wildman–Crippen MR) is 59.2 cm³/mol. The average molecular weight is 194 g/mol. The second-order valence-corrected chi connectivity index (χ2v) is 5.84. The molecule has 14 heavy (non-hydrogen) atoms. The molecule has 80 valence electrons. The van der Waals surface area contributed by atoms with E-state index < -0.39 is 0 Å². The molecule has 0 aromatic carbocycles. The Balaban J connectivity index is 2.29. The summed E-state index contributed by atoms with van der Waals surface area (Å²) in [7, 11) is 0. The van der Waals surface area contributed by atoms with E-state index in [4.69, 9.17) is 4.74 Å². The van der Waals surface area contributed by atoms with Gasteiger partial charge in [-0.05, 0) is 44.4 Å². The maximum Gasteiger partial charge on any atom is 0.0871 e. The molecule has 0 spiro atoms. The molecule has 1 heterocycles. The van der Waals surface area contributed by atoms with Gasteiger partial charge in [0.1, 0.15) is 0 Å². The van der Waals surface area contributed by atoms with Crippen LogP contribution < -0.4 is 0 Å². The minimum atomic E-state index is -0.000579. The molecule has 0 amide bonds. The maximum absolute atomic E-state index is 6.13. The van der Waals surface area contributed by atoms with Gasteiger partial charge in [0.2, 0.25) is 0 Å². The fourth-order valence-electron chi connectivity index (χ4n) is 3.32. The molecular weight excluding hydrogens is 172 g/mol. The Labute approximate surface area is 87.5 Å². The molecule has 2 rings (SSSR count). The van der Waals surface area contributed by atoms with Crippen molar-refractivity contribution < 1.29 is 4.74 Å². The fraction of sp³-hybridized carbons (Fsp3) is 0.846. The third-order valence-corrected chi connectivity index (χ3v) is 4.04. The SMILES string of the molecule is C[C@H]1CCC2C(C)(C)CC=C[C@@]2(C)O1. The van der Waals surface area contributed by atoms with Crippen molar-refractivity contribution in [1.29, 1.82) is 0 Å². The highest BCUT2D eigenvalue weighted by Crippen LogP contribution is 2.49. The zero-order chi connectivity index (χ0) is 10.4. The lowest BCUT2D eigenvalue weighted by Crippen LogP contribution is -2.51. The number of fused-ring (bicyclic) bond motifs is 1. The van der Waals surface area contributed by atoms with Gasteiger partial charge in [-0.2, -0.15) is 0 Å². The van der Waals surface area contributed by atoms with Crippen molar-refractivity contribution in [1.82, 2.24) is 0 Å². The first-order valence-corrected chi connectivity index (χ1v) is 5.79. The van der Waals surface area contributed by atoms with Crippen LogP contribution in [0, 0.1) is 11.3 Å². The number of rotatable bonds is 0. The Morgan fingerprint density at radius 1 is 1.21 bits per heavy atom. The number of hydrogen-bond acceptors (Lipinski definition) is 1. The van der Waals surface area contributed by atoms with Crippen LogP contribution in [0.4, 0.5) is 0 Å². The lowest BCUT2D eigenvalue weighted by atomic mass is 9.62. The molecule has 0 saturated carbocycles. The van der Waals surface area contributed by atoms with Crippen LogP contribution in [0.1, 0.15) is 47.0 Å². The lowest BCUT2D eigenvalue weighted by Gasteiger charge is -2.51. The zero-order valence-electron chi connectivity index (χ0n) is 9.84. The van der Waals surface area contributed by atoms with E-state index in [0.717, 1.165) is 0 Å². The van der Waals surface area contributed by atoms with Gasteiger partial charge in [0.05, 0.1) is 11.7 Å². The van der Waals surface area contributed by atoms with E-state index in [-0.39, 0.29) is 5.60 Å². The van der Waals surface area contributed by atoms with Gasteiger partial charge >= 0.3 is 0 Å². The molecule has 1 heteroatoms. The van der Waals surface area contributed by atoms with Crippen molar-refractivity contribution in [2.24, 2.45) is 11.3 Å². The van der Waals surface area contributed by atoms with Gasteiger partial charge in [-0.1, -0.05) is 26.0 Å². The Morgan fingerprint density at radius 2 is 1.93 bits per heavy atom. The molecule has 1 nitrogen and oxygen atoms in total. The normalized spacial score (nSPS) is 46.0. The van der Waals surface area contributed by atoms with E-state index in [1.807, 2.05) is 0 Å². The summed E-state index contributed by atoms with van der Waals surface area (Å²) < 4.78 is 6.13. The van der Waals surface area contributed by atoms with Gasteiger partial charge in [-0.3, -0.25) is 0 Å². The minimum Gasteiger partial charge on any atom is -0.368 e. The molecule has 2 aliphatic rings. The number of ether oxygens (including phenoxy) is 1. The molecule has 1 fully saturated rings. The maximum atomic E-state index is 6.13. The van der Waals surface area contributed by atoms with E-state index in [0.29, 0.717) is 17.4 Å². The molecule has 0 radical (unpaired) electrons. The van der Waals surface area contributed by atoms with Crippen molar-refractivity contribution in [2.75, 3.05) is 0 Å². The summed E-state index contributed by atoms with van der Waals surface area (Å²) in [4.78, 5) is 0. The summed E-state index contributed by atoms with van der Waals surface area (Å²) in [5.41, 5.74) is 0.406. The first kappa shape index (κ1) is 10.2. The Morgan fingerprint density at radius 3 is 2.64 bits per heavy atom. The van der Waals surface area contributed by atoms with E-state index >= 15 is 0 Å². The van der Waals surface area contributed by atoms with E-state index in [9.17, 15) is 0 Å². The summed E-state index contributed by atoms with van der Waals surface area (Å²) in [5, 5.41) is 0. The Bertz CT molecular complexity index is 254. The average Bonchev–Trinajstić information content (AvgIpc) is 2.00. The van der Waals surface area contributed by atoms with Crippen LogP contribution in [0.5, 0.6) is 0 Å². The van der Waals surface area contributed by atoms with Gasteiger partial charge in [-0.25, -0.2) is 0 Å². The smallest absolute Gasteiger partial charge is 0.0871 e. The van der Waals surface area contributed by atoms with Crippen LogP contribution in [-0.4, -0.2) is 11.7 Å². The molecule has 0 aromatic heterocycles. The summed E-state index contributed by atoms with van der Waals surface area (Å²) >= 11 is 0. The van der Waals surface area contributed by atoms with Crippen LogP contribution >= 0.6 is 0 Å². The standard InChI is InChI=1S/C13H22O/c1-10-6-7-11-12(2,3)8-5-9-13(11,4)14-10/h5,9-11H,6-8H2,1-4H3/t10-,11?,13+/m0/s1. The van der Waals surface area contributed by atoms with Crippen LogP contribution in [0.3, 0.4) is 0 Å². The summed E-state index contributed by atoms with van der Waals surface area (Å²) in [6, 6.07) is 0. The fourth-order valence-corrected chi connectivity index (χ4v) is 3.32. The minimum absolute atomic E-state index is 0.000579. The third-order valence-electron chi connectivity index (χ3n) is 4.04. The van der Waals surface area contributed by atoms with Crippen LogP contribution in [0.15, 0.2) is 12.2 Å². The monoisotopic (exact) mass is 194 g/mol. The quantitative estimate of drug-likeness (QED) is 0.536. The second kappa shape index (κ2) is 3.10. The predicted octanol–water partition coefficient (Wildman–Crippen LogP) is 3.55. The molecule has 0 N–H and O–H groups in total. The number of allylic oxidation sites excluding steroid dienone is 1. The third kappa shape index (κ3) is 1.52. The van der Waals surface area contributed by atoms with Crippen molar-refractivity contribution in [3.8, 4) is 0 Å². The molecule has 0 bridgehead atoms. The first-order valence-electron chi connectivity index (χ1n) is 5.79. The lowest BCUT2D eigenvalue weighted by molar-refractivity contribution is -0.150. The van der Waals surface area contributed by atoms with E-state index in [2.05, 4.69) is 39.8 Å². The Hall–Kier alpha value is -0.300. The van der Waals surface area contributed by atoms with Gasteiger partial charge in [0, 0.05) is 0 Å². The first-order chi connectivity index (χ1) is 6.44. The number of hydrogen-bond donors (Lipinski definition) is 0. The van der Waals surface area contributed by atoms with Crippen LogP contribution in [-0.2, 0) is 4.74 Å². The van der Waals surface area contributed by atoms with Gasteiger partial charge in [-0.15, -0.1) is 0 Å². The van der Waals surface area contributed by atoms with Crippen molar-refractivity contribution >= 4 is 0 Å². The topological polar surface area (TPSA) is 9.23 Å². The van der Waals surface area contributed by atoms with Crippen LogP contribution in [0.2, 0.25) is 0 Å². The van der Waals surface area contributed by atoms with Crippen molar-refractivity contribution in [2.45, 2.75) is 58.7 Å². The summed E-state index contributed by atoms with van der Waals surface area (Å²) in [5.74, 6) is 0.691. The van der Waals surface area contributed by atoms with E-state index in [1.165, 1.54) is 19.3 Å². The van der Waals surface area contributed by atoms with E-state index in [1.54, 1.807) is 0 Å². The zero-order valence-corrected chi connectivity index (χ0v) is 9.84. The molecule has 3 atom stereocenters. The molecule has 1 saturated heterocycles. The largest absolute Gasteiger partial charge is 0.368 e. The molecule has 1 aliphatic heterocycles. The highest BCUT2D eigenvalue weighted by molar-refractivity contribution is 5.14.